The number of rotatable bonds is 3. The average molecular weight is 336 g/mol. The van der Waals surface area contributed by atoms with Crippen molar-refractivity contribution in [3.8, 4) is 11.5 Å². The van der Waals surface area contributed by atoms with Gasteiger partial charge in [0.2, 0.25) is 0 Å². The van der Waals surface area contributed by atoms with Crippen molar-refractivity contribution in [3.63, 3.8) is 0 Å². The Balaban J connectivity index is 2.07. The first-order chi connectivity index (χ1) is 10.6. The van der Waals surface area contributed by atoms with Crippen molar-refractivity contribution in [1.82, 2.24) is 4.98 Å². The van der Waals surface area contributed by atoms with Crippen LogP contribution in [0.25, 0.3) is 10.1 Å². The van der Waals surface area contributed by atoms with Crippen molar-refractivity contribution in [2.24, 2.45) is 0 Å². The quantitative estimate of drug-likeness (QED) is 0.739. The zero-order chi connectivity index (χ0) is 15.7. The fourth-order valence-electron chi connectivity index (χ4n) is 1.93. The molecule has 0 amide bonds. The lowest BCUT2D eigenvalue weighted by Crippen LogP contribution is -2.03. The third-order valence-electron chi connectivity index (χ3n) is 2.97. The molecule has 0 bridgehead atoms. The Morgan fingerprint density at radius 1 is 1.27 bits per heavy atom. The molecular formula is C15H10ClNO4S. The number of hydrogen-bond acceptors (Lipinski definition) is 5. The molecule has 3 aromatic rings. The van der Waals surface area contributed by atoms with Crippen LogP contribution < -0.4 is 10.3 Å². The van der Waals surface area contributed by atoms with Gasteiger partial charge in [0.1, 0.15) is 15.3 Å². The minimum absolute atomic E-state index is 0.279. The van der Waals surface area contributed by atoms with Crippen molar-refractivity contribution in [2.45, 2.75) is 0 Å². The van der Waals surface area contributed by atoms with Crippen LogP contribution in [0.3, 0.4) is 0 Å². The van der Waals surface area contributed by atoms with E-state index in [2.05, 4.69) is 9.72 Å². The van der Waals surface area contributed by atoms with Gasteiger partial charge in [-0.3, -0.25) is 4.79 Å². The van der Waals surface area contributed by atoms with Gasteiger partial charge in [-0.05, 0) is 30.3 Å². The first-order valence-electron chi connectivity index (χ1n) is 6.25. The molecule has 0 saturated heterocycles. The summed E-state index contributed by atoms with van der Waals surface area (Å²) in [4.78, 5) is 26.4. The fourth-order valence-corrected chi connectivity index (χ4v) is 3.04. The predicted molar refractivity (Wildman–Crippen MR) is 85.3 cm³/mol. The second-order valence-corrected chi connectivity index (χ2v) is 5.87. The van der Waals surface area contributed by atoms with E-state index in [1.54, 1.807) is 30.3 Å². The van der Waals surface area contributed by atoms with Gasteiger partial charge in [-0.1, -0.05) is 11.6 Å². The third kappa shape index (κ3) is 2.70. The zero-order valence-electron chi connectivity index (χ0n) is 11.4. The number of carbonyl (C=O) groups excluding carboxylic acids is 1. The number of aromatic nitrogens is 1. The summed E-state index contributed by atoms with van der Waals surface area (Å²) in [5.41, 5.74) is -0.279. The van der Waals surface area contributed by atoms with Crippen LogP contribution in [0.15, 0.2) is 41.3 Å². The van der Waals surface area contributed by atoms with Crippen molar-refractivity contribution in [1.29, 1.82) is 0 Å². The van der Waals surface area contributed by atoms with E-state index in [0.717, 1.165) is 11.3 Å². The molecule has 0 fully saturated rings. The van der Waals surface area contributed by atoms with Crippen LogP contribution in [0.1, 0.15) is 9.67 Å². The van der Waals surface area contributed by atoms with Crippen LogP contribution in [0, 0.1) is 0 Å². The maximum atomic E-state index is 11.9. The molecule has 0 aliphatic heterocycles. The lowest BCUT2D eigenvalue weighted by Gasteiger charge is -2.06. The van der Waals surface area contributed by atoms with Crippen LogP contribution in [-0.2, 0) is 4.74 Å². The number of benzene rings is 1. The van der Waals surface area contributed by atoms with E-state index in [4.69, 9.17) is 16.3 Å². The number of hydrogen-bond donors (Lipinski definition) is 1. The number of carbonyl (C=O) groups is 1. The molecule has 0 saturated carbocycles. The molecule has 0 aliphatic rings. The van der Waals surface area contributed by atoms with E-state index < -0.39 is 5.97 Å². The number of thiophene rings is 1. The second kappa shape index (κ2) is 5.82. The van der Waals surface area contributed by atoms with E-state index in [1.165, 1.54) is 13.3 Å². The highest BCUT2D eigenvalue weighted by molar-refractivity contribution is 7.20. The second-order valence-electron chi connectivity index (χ2n) is 4.38. The molecule has 0 radical (unpaired) electrons. The van der Waals surface area contributed by atoms with Crippen molar-refractivity contribution < 1.29 is 14.3 Å². The maximum absolute atomic E-state index is 11.9. The maximum Gasteiger partial charge on any atom is 0.348 e. The van der Waals surface area contributed by atoms with Crippen LogP contribution in [0.2, 0.25) is 5.02 Å². The molecule has 0 atom stereocenters. The molecule has 2 heterocycles. The van der Waals surface area contributed by atoms with Crippen molar-refractivity contribution in [3.05, 3.63) is 56.8 Å². The number of halogens is 1. The molecule has 0 aliphatic carbocycles. The molecule has 7 heteroatoms. The first kappa shape index (κ1) is 14.6. The Labute approximate surface area is 134 Å². The zero-order valence-corrected chi connectivity index (χ0v) is 13.0. The summed E-state index contributed by atoms with van der Waals surface area (Å²) in [7, 11) is 1.29. The molecule has 5 nitrogen and oxygen atoms in total. The van der Waals surface area contributed by atoms with Crippen LogP contribution in [0.4, 0.5) is 0 Å². The van der Waals surface area contributed by atoms with Crippen LogP contribution in [-0.4, -0.2) is 18.1 Å². The predicted octanol–water partition coefficient (Wildman–Crippen LogP) is 3.82. The molecule has 0 unspecified atom stereocenters. The number of nitrogens with one attached hydrogen (secondary N) is 1. The minimum Gasteiger partial charge on any atom is -0.465 e. The lowest BCUT2D eigenvalue weighted by molar-refractivity contribution is 0.0606. The molecule has 22 heavy (non-hydrogen) atoms. The fraction of sp³-hybridized carbons (Fsp3) is 0.0667. The largest absolute Gasteiger partial charge is 0.465 e. The van der Waals surface area contributed by atoms with Gasteiger partial charge in [-0.25, -0.2) is 4.79 Å². The lowest BCUT2D eigenvalue weighted by atomic mass is 10.3. The van der Waals surface area contributed by atoms with Crippen LogP contribution in [0.5, 0.6) is 11.5 Å². The van der Waals surface area contributed by atoms with Gasteiger partial charge in [0.05, 0.1) is 7.11 Å². The minimum atomic E-state index is -0.488. The Morgan fingerprint density at radius 2 is 2.00 bits per heavy atom. The summed E-state index contributed by atoms with van der Waals surface area (Å²) in [6.07, 6.45) is 1.47. The summed E-state index contributed by atoms with van der Waals surface area (Å²) in [5.74, 6) is 0.532. The van der Waals surface area contributed by atoms with Crippen molar-refractivity contribution in [2.75, 3.05) is 7.11 Å². The van der Waals surface area contributed by atoms with Crippen molar-refractivity contribution >= 4 is 39.0 Å². The number of aromatic amines is 1. The van der Waals surface area contributed by atoms with Crippen LogP contribution >= 0.6 is 22.9 Å². The molecule has 3 rings (SSSR count). The first-order valence-corrected chi connectivity index (χ1v) is 7.45. The normalized spacial score (nSPS) is 10.6. The van der Waals surface area contributed by atoms with Gasteiger partial charge < -0.3 is 14.5 Å². The molecular weight excluding hydrogens is 326 g/mol. The van der Waals surface area contributed by atoms with E-state index in [0.29, 0.717) is 31.5 Å². The SMILES string of the molecule is COC(=O)c1cc2c(Oc3ccc(Cl)cc3)c[nH]c(=O)c2s1. The summed E-state index contributed by atoms with van der Waals surface area (Å²) < 4.78 is 10.8. The molecule has 1 aromatic carbocycles. The Morgan fingerprint density at radius 3 is 2.68 bits per heavy atom. The van der Waals surface area contributed by atoms with E-state index in [-0.39, 0.29) is 5.56 Å². The number of fused-ring (bicyclic) bond motifs is 1. The van der Waals surface area contributed by atoms with E-state index in [9.17, 15) is 9.59 Å². The van der Waals surface area contributed by atoms with Gasteiger partial charge in [-0.2, -0.15) is 0 Å². The number of H-pyrrole nitrogens is 1. The number of methoxy groups -OCH3 is 1. The Hall–Kier alpha value is -2.31. The highest BCUT2D eigenvalue weighted by Crippen LogP contribution is 2.33. The molecule has 112 valence electrons. The average Bonchev–Trinajstić information content (AvgIpc) is 2.98. The van der Waals surface area contributed by atoms with Gasteiger partial charge in [-0.15, -0.1) is 11.3 Å². The summed E-state index contributed by atoms with van der Waals surface area (Å²) >= 11 is 6.90. The number of esters is 1. The molecule has 2 aromatic heterocycles. The highest BCUT2D eigenvalue weighted by atomic mass is 35.5. The Bertz CT molecular complexity index is 898. The summed E-state index contributed by atoms with van der Waals surface area (Å²) in [6.45, 7) is 0. The smallest absolute Gasteiger partial charge is 0.348 e. The Kier molecular flexibility index (Phi) is 3.87. The molecule has 1 N–H and O–H groups in total. The summed E-state index contributed by atoms with van der Waals surface area (Å²) in [5, 5.41) is 1.16. The topological polar surface area (TPSA) is 68.4 Å². The van der Waals surface area contributed by atoms with Gasteiger partial charge >= 0.3 is 5.97 Å². The highest BCUT2D eigenvalue weighted by Gasteiger charge is 2.16. The number of pyridine rings is 1. The third-order valence-corrected chi connectivity index (χ3v) is 4.33. The number of ether oxygens (including phenoxy) is 2. The van der Waals surface area contributed by atoms with E-state index >= 15 is 0 Å². The monoisotopic (exact) mass is 335 g/mol. The van der Waals surface area contributed by atoms with Gasteiger partial charge in [0.25, 0.3) is 5.56 Å². The van der Waals surface area contributed by atoms with Gasteiger partial charge in [0.15, 0.2) is 5.75 Å². The standard InChI is InChI=1S/C15H10ClNO4S/c1-20-15(19)12-6-10-11(7-17-14(18)13(10)22-12)21-9-4-2-8(16)3-5-9/h2-7H,1H3,(H,17,18). The molecule has 0 spiro atoms. The van der Waals surface area contributed by atoms with Gasteiger partial charge in [0, 0.05) is 16.6 Å². The summed E-state index contributed by atoms with van der Waals surface area (Å²) in [6, 6.07) is 8.42. The van der Waals surface area contributed by atoms with E-state index in [1.807, 2.05) is 0 Å².